The third-order valence-corrected chi connectivity index (χ3v) is 8.82. The van der Waals surface area contributed by atoms with E-state index in [4.69, 9.17) is 37.4 Å². The Hall–Kier alpha value is -4.07. The molecule has 2 aliphatic heterocycles. The molecular formula is C34H40Cl2N8O4. The molecule has 0 amide bonds. The van der Waals surface area contributed by atoms with Gasteiger partial charge in [-0.3, -0.25) is 0 Å². The predicted molar refractivity (Wildman–Crippen MR) is 189 cm³/mol. The number of hydrogen-bond acceptors (Lipinski definition) is 10. The zero-order chi connectivity index (χ0) is 33.7. The first-order chi connectivity index (χ1) is 23.2. The molecule has 6 rings (SSSR count). The quantitative estimate of drug-likeness (QED) is 0.162. The average molecular weight is 696 g/mol. The van der Waals surface area contributed by atoms with Crippen LogP contribution in [-0.2, 0) is 15.3 Å². The first-order valence-electron chi connectivity index (χ1n) is 16.0. The highest BCUT2D eigenvalue weighted by Crippen LogP contribution is 2.38. The van der Waals surface area contributed by atoms with Gasteiger partial charge in [-0.25, -0.2) is 24.2 Å². The molecule has 12 nitrogen and oxygen atoms in total. The number of aromatic nitrogens is 3. The van der Waals surface area contributed by atoms with Gasteiger partial charge in [-0.15, -0.1) is 0 Å². The topological polar surface area (TPSA) is 110 Å². The van der Waals surface area contributed by atoms with E-state index in [0.29, 0.717) is 49.4 Å². The predicted octanol–water partition coefficient (Wildman–Crippen LogP) is 5.63. The van der Waals surface area contributed by atoms with Gasteiger partial charge in [0.2, 0.25) is 5.79 Å². The lowest BCUT2D eigenvalue weighted by atomic mass is 10.1. The number of rotatable bonds is 14. The Labute approximate surface area is 289 Å². The van der Waals surface area contributed by atoms with E-state index in [1.807, 2.05) is 97.9 Å². The number of benzene rings is 3. The van der Waals surface area contributed by atoms with E-state index in [9.17, 15) is 4.79 Å². The Morgan fingerprint density at radius 1 is 1.02 bits per heavy atom. The summed E-state index contributed by atoms with van der Waals surface area (Å²) < 4.78 is 22.0. The largest absolute Gasteiger partial charge is 0.491 e. The van der Waals surface area contributed by atoms with Crippen LogP contribution in [0.25, 0.3) is 5.69 Å². The molecule has 3 atom stereocenters. The molecule has 1 fully saturated rings. The Morgan fingerprint density at radius 2 is 1.69 bits per heavy atom. The van der Waals surface area contributed by atoms with Crippen molar-refractivity contribution >= 4 is 40.8 Å². The van der Waals surface area contributed by atoms with Gasteiger partial charge in [0.05, 0.1) is 24.9 Å². The third-order valence-electron chi connectivity index (χ3n) is 8.39. The van der Waals surface area contributed by atoms with Crippen LogP contribution in [0.4, 0.5) is 11.4 Å². The van der Waals surface area contributed by atoms with E-state index < -0.39 is 5.79 Å². The maximum Gasteiger partial charge on any atom is 0.350 e. The monoisotopic (exact) mass is 694 g/mol. The normalized spacial score (nSPS) is 19.9. The van der Waals surface area contributed by atoms with Crippen LogP contribution in [0.1, 0.15) is 31.9 Å². The molecule has 0 spiro atoms. The molecule has 254 valence electrons. The molecule has 4 aromatic rings. The molecule has 1 unspecified atom stereocenters. The minimum Gasteiger partial charge on any atom is -0.491 e. The zero-order valence-electron chi connectivity index (χ0n) is 27.2. The fourth-order valence-corrected chi connectivity index (χ4v) is 6.03. The standard InChI is InChI=1S/C34H40Cl2N8O4/c1-4-24(2)44-33(45)42(23-40-44)30-9-5-28(6-10-30)37-13-14-38-29-7-11-31(12-8-29)46-20-32-21-47-34(48-32,22-43-39-15-16-41(43)3)25-17-26(35)19-27(36)18-25/h5-12,15,17-19,23-24,32,37-38H,4,13-14,16,20-22H2,1-3H3/t24?,32-,34-/m1/s1. The molecular weight excluding hydrogens is 655 g/mol. The van der Waals surface area contributed by atoms with Crippen molar-refractivity contribution in [3.8, 4) is 11.4 Å². The summed E-state index contributed by atoms with van der Waals surface area (Å²) in [7, 11) is 1.95. The number of anilines is 2. The molecule has 14 heteroatoms. The van der Waals surface area contributed by atoms with Gasteiger partial charge >= 0.3 is 5.69 Å². The molecule has 3 aromatic carbocycles. The van der Waals surface area contributed by atoms with E-state index in [2.05, 4.69) is 20.8 Å². The van der Waals surface area contributed by atoms with E-state index in [-0.39, 0.29) is 17.8 Å². The number of nitrogens with one attached hydrogen (secondary N) is 2. The second-order valence-electron chi connectivity index (χ2n) is 11.9. The first kappa shape index (κ1) is 33.8. The Bertz CT molecular complexity index is 1740. The van der Waals surface area contributed by atoms with Crippen LogP contribution >= 0.6 is 23.2 Å². The Balaban J connectivity index is 0.969. The van der Waals surface area contributed by atoms with Crippen LogP contribution in [0.5, 0.6) is 5.75 Å². The highest BCUT2D eigenvalue weighted by atomic mass is 35.5. The van der Waals surface area contributed by atoms with Crippen molar-refractivity contribution in [2.75, 3.05) is 57.1 Å². The maximum atomic E-state index is 12.7. The van der Waals surface area contributed by atoms with Crippen LogP contribution in [0.3, 0.4) is 0 Å². The van der Waals surface area contributed by atoms with Gasteiger partial charge in [-0.05, 0) is 80.1 Å². The lowest BCUT2D eigenvalue weighted by molar-refractivity contribution is -0.209. The maximum absolute atomic E-state index is 12.7. The van der Waals surface area contributed by atoms with Crippen molar-refractivity contribution in [2.45, 2.75) is 38.2 Å². The molecule has 0 aliphatic carbocycles. The van der Waals surface area contributed by atoms with Crippen LogP contribution in [0, 0.1) is 0 Å². The Kier molecular flexibility index (Phi) is 10.6. The molecule has 1 saturated heterocycles. The first-order valence-corrected chi connectivity index (χ1v) is 16.7. The third kappa shape index (κ3) is 7.79. The van der Waals surface area contributed by atoms with Crippen LogP contribution < -0.4 is 21.1 Å². The lowest BCUT2D eigenvalue weighted by Crippen LogP contribution is -2.45. The average Bonchev–Trinajstić information content (AvgIpc) is 3.81. The smallest absolute Gasteiger partial charge is 0.350 e. The van der Waals surface area contributed by atoms with Gasteiger partial charge in [-0.2, -0.15) is 10.2 Å². The minimum absolute atomic E-state index is 0.0592. The van der Waals surface area contributed by atoms with Gasteiger partial charge in [0.15, 0.2) is 0 Å². The number of hydrogen-bond donors (Lipinski definition) is 2. The fraction of sp³-hybridized carbons (Fsp3) is 0.382. The summed E-state index contributed by atoms with van der Waals surface area (Å²) in [6.45, 7) is 7.12. The second-order valence-corrected chi connectivity index (χ2v) is 12.7. The van der Waals surface area contributed by atoms with Crippen molar-refractivity contribution in [3.05, 3.63) is 99.2 Å². The van der Waals surface area contributed by atoms with Crippen molar-refractivity contribution in [1.82, 2.24) is 24.5 Å². The van der Waals surface area contributed by atoms with Crippen molar-refractivity contribution in [1.29, 1.82) is 0 Å². The van der Waals surface area contributed by atoms with E-state index in [1.54, 1.807) is 17.0 Å². The van der Waals surface area contributed by atoms with E-state index in [0.717, 1.165) is 34.8 Å². The summed E-state index contributed by atoms with van der Waals surface area (Å²) in [5.41, 5.74) is 3.31. The van der Waals surface area contributed by atoms with Crippen LogP contribution in [-0.4, -0.2) is 83.2 Å². The SMILES string of the molecule is CCC(C)n1ncn(-c2ccc(NCCNc3ccc(OC[C@@H]4CO[C@@](CN5N=CCN5C)(c5cc(Cl)cc(Cl)c5)O4)cc3)cc2)c1=O. The van der Waals surface area contributed by atoms with Crippen molar-refractivity contribution < 1.29 is 14.2 Å². The fourth-order valence-electron chi connectivity index (χ4n) is 5.51. The molecule has 0 radical (unpaired) electrons. The number of nitrogens with zero attached hydrogens (tertiary/aromatic N) is 6. The molecule has 3 heterocycles. The van der Waals surface area contributed by atoms with Crippen LogP contribution in [0.2, 0.25) is 10.0 Å². The molecule has 1 aromatic heterocycles. The summed E-state index contributed by atoms with van der Waals surface area (Å²) in [6.07, 6.45) is 3.93. The summed E-state index contributed by atoms with van der Waals surface area (Å²) in [5.74, 6) is -0.387. The number of ether oxygens (including phenoxy) is 3. The highest BCUT2D eigenvalue weighted by Gasteiger charge is 2.46. The number of hydrazone groups is 1. The molecule has 0 bridgehead atoms. The summed E-state index contributed by atoms with van der Waals surface area (Å²) in [6, 6.07) is 20.9. The van der Waals surface area contributed by atoms with Gasteiger partial charge in [0.1, 0.15) is 31.3 Å². The summed E-state index contributed by atoms with van der Waals surface area (Å²) in [4.78, 5) is 12.7. The summed E-state index contributed by atoms with van der Waals surface area (Å²) >= 11 is 12.7. The summed E-state index contributed by atoms with van der Waals surface area (Å²) in [5, 5.41) is 20.3. The Morgan fingerprint density at radius 3 is 2.31 bits per heavy atom. The zero-order valence-corrected chi connectivity index (χ0v) is 28.7. The molecule has 0 saturated carbocycles. The lowest BCUT2D eigenvalue weighted by Gasteiger charge is -2.34. The molecule has 2 N–H and O–H groups in total. The molecule has 48 heavy (non-hydrogen) atoms. The highest BCUT2D eigenvalue weighted by molar-refractivity contribution is 6.34. The van der Waals surface area contributed by atoms with Gasteiger partial charge < -0.3 is 24.8 Å². The van der Waals surface area contributed by atoms with Gasteiger partial charge in [-0.1, -0.05) is 30.1 Å². The number of halogens is 2. The molecule has 2 aliphatic rings. The number of hydrazine groups is 1. The van der Waals surface area contributed by atoms with Gasteiger partial charge in [0, 0.05) is 53.3 Å². The van der Waals surface area contributed by atoms with Crippen molar-refractivity contribution in [3.63, 3.8) is 0 Å². The second kappa shape index (κ2) is 15.0. The van der Waals surface area contributed by atoms with Crippen LogP contribution in [0.15, 0.2) is 83.0 Å². The van der Waals surface area contributed by atoms with E-state index >= 15 is 0 Å². The van der Waals surface area contributed by atoms with E-state index in [1.165, 1.54) is 4.68 Å². The van der Waals surface area contributed by atoms with Crippen molar-refractivity contribution in [2.24, 2.45) is 5.10 Å². The minimum atomic E-state index is -1.11. The van der Waals surface area contributed by atoms with Gasteiger partial charge in [0.25, 0.3) is 0 Å².